The first-order valence-corrected chi connectivity index (χ1v) is 8.66. The van der Waals surface area contributed by atoms with E-state index in [9.17, 15) is 0 Å². The molecule has 5 rings (SSSR count). The lowest BCUT2D eigenvalue weighted by Gasteiger charge is -2.19. The van der Waals surface area contributed by atoms with Gasteiger partial charge in [0, 0.05) is 18.7 Å². The number of pyridine rings is 1. The average molecular weight is 330 g/mol. The molecule has 6 heteroatoms. The highest BCUT2D eigenvalue weighted by molar-refractivity contribution is 6.14. The fraction of sp³-hybridized carbons (Fsp3) is 0.263. The minimum absolute atomic E-state index is 0.500. The molecule has 3 aromatic rings. The smallest absolute Gasteiger partial charge is 0.159 e. The lowest BCUT2D eigenvalue weighted by Crippen LogP contribution is -2.21. The summed E-state index contributed by atoms with van der Waals surface area (Å²) < 4.78 is 2.00. The van der Waals surface area contributed by atoms with E-state index in [0.29, 0.717) is 6.54 Å². The SMILES string of the molecule is c1ccc(C2=NCc3nncn3-c3ccc(N4CCCC4)nc32)cc1. The Labute approximate surface area is 145 Å². The summed E-state index contributed by atoms with van der Waals surface area (Å²) in [7, 11) is 0. The second-order valence-corrected chi connectivity index (χ2v) is 6.38. The number of aliphatic imine (C=N–C) groups is 1. The van der Waals surface area contributed by atoms with Gasteiger partial charge in [-0.25, -0.2) is 4.98 Å². The van der Waals surface area contributed by atoms with Crippen molar-refractivity contribution in [1.29, 1.82) is 0 Å². The van der Waals surface area contributed by atoms with Crippen LogP contribution < -0.4 is 4.90 Å². The molecule has 0 aliphatic carbocycles. The van der Waals surface area contributed by atoms with Gasteiger partial charge < -0.3 is 4.90 Å². The van der Waals surface area contributed by atoms with E-state index in [1.807, 2.05) is 22.8 Å². The van der Waals surface area contributed by atoms with Gasteiger partial charge in [0.15, 0.2) is 5.82 Å². The Bertz CT molecular complexity index is 938. The molecule has 0 unspecified atom stereocenters. The Kier molecular flexibility index (Phi) is 3.33. The summed E-state index contributed by atoms with van der Waals surface area (Å²) in [6.07, 6.45) is 4.21. The van der Waals surface area contributed by atoms with Crippen LogP contribution in [0, 0.1) is 0 Å². The van der Waals surface area contributed by atoms with Crippen LogP contribution in [-0.4, -0.2) is 38.5 Å². The normalized spacial score (nSPS) is 16.2. The predicted molar refractivity (Wildman–Crippen MR) is 96.4 cm³/mol. The Morgan fingerprint density at radius 2 is 1.76 bits per heavy atom. The van der Waals surface area contributed by atoms with Gasteiger partial charge in [0.05, 0.1) is 11.4 Å². The number of aromatic nitrogens is 4. The van der Waals surface area contributed by atoms with E-state index in [1.54, 1.807) is 6.33 Å². The summed E-state index contributed by atoms with van der Waals surface area (Å²) in [6.45, 7) is 2.64. The molecular formula is C19H18N6. The standard InChI is InChI=1S/C19H18N6/c1-2-6-14(7-3-1)18-19-15(25-13-21-23-17(25)12-20-18)8-9-16(22-19)24-10-4-5-11-24/h1-3,6-9,13H,4-5,10-12H2. The minimum atomic E-state index is 0.500. The van der Waals surface area contributed by atoms with E-state index in [0.717, 1.165) is 47.4 Å². The van der Waals surface area contributed by atoms with Crippen molar-refractivity contribution in [3.8, 4) is 5.69 Å². The number of hydrogen-bond acceptors (Lipinski definition) is 5. The molecular weight excluding hydrogens is 312 g/mol. The van der Waals surface area contributed by atoms with Crippen molar-refractivity contribution in [2.24, 2.45) is 4.99 Å². The van der Waals surface area contributed by atoms with E-state index in [4.69, 9.17) is 9.98 Å². The van der Waals surface area contributed by atoms with Crippen LogP contribution in [0.15, 0.2) is 53.8 Å². The van der Waals surface area contributed by atoms with Crippen molar-refractivity contribution < 1.29 is 0 Å². The van der Waals surface area contributed by atoms with E-state index >= 15 is 0 Å². The molecule has 4 heterocycles. The van der Waals surface area contributed by atoms with Crippen LogP contribution in [-0.2, 0) is 6.54 Å². The van der Waals surface area contributed by atoms with Gasteiger partial charge in [-0.3, -0.25) is 9.56 Å². The second kappa shape index (κ2) is 5.81. The van der Waals surface area contributed by atoms with Gasteiger partial charge in [0.1, 0.15) is 24.4 Å². The van der Waals surface area contributed by atoms with Crippen LogP contribution in [0.5, 0.6) is 0 Å². The van der Waals surface area contributed by atoms with Crippen LogP contribution in [0.1, 0.15) is 29.9 Å². The third-order valence-electron chi connectivity index (χ3n) is 4.82. The number of fused-ring (bicyclic) bond motifs is 3. The maximum absolute atomic E-state index is 5.01. The number of hydrogen-bond donors (Lipinski definition) is 0. The average Bonchev–Trinajstić information content (AvgIpc) is 3.33. The largest absolute Gasteiger partial charge is 0.357 e. The van der Waals surface area contributed by atoms with Gasteiger partial charge in [-0.1, -0.05) is 30.3 Å². The molecule has 0 N–H and O–H groups in total. The number of nitrogens with zero attached hydrogens (tertiary/aromatic N) is 6. The predicted octanol–water partition coefficient (Wildman–Crippen LogP) is 2.61. The first kappa shape index (κ1) is 14.3. The summed E-state index contributed by atoms with van der Waals surface area (Å²) in [6, 6.07) is 14.5. The molecule has 0 bridgehead atoms. The lowest BCUT2D eigenvalue weighted by molar-refractivity contribution is 0.867. The van der Waals surface area contributed by atoms with Crippen molar-refractivity contribution in [1.82, 2.24) is 19.7 Å². The number of benzene rings is 1. The van der Waals surface area contributed by atoms with Crippen molar-refractivity contribution >= 4 is 11.5 Å². The van der Waals surface area contributed by atoms with Crippen LogP contribution in [0.4, 0.5) is 5.82 Å². The fourth-order valence-electron chi connectivity index (χ4n) is 3.55. The van der Waals surface area contributed by atoms with Crippen molar-refractivity contribution in [3.63, 3.8) is 0 Å². The van der Waals surface area contributed by atoms with E-state index in [1.165, 1.54) is 12.8 Å². The summed E-state index contributed by atoms with van der Waals surface area (Å²) >= 11 is 0. The molecule has 0 spiro atoms. The molecule has 1 aromatic carbocycles. The van der Waals surface area contributed by atoms with Gasteiger partial charge in [-0.05, 0) is 25.0 Å². The Morgan fingerprint density at radius 3 is 2.60 bits per heavy atom. The maximum atomic E-state index is 5.01. The maximum Gasteiger partial charge on any atom is 0.159 e. The van der Waals surface area contributed by atoms with Crippen LogP contribution >= 0.6 is 0 Å². The summed E-state index contributed by atoms with van der Waals surface area (Å²) in [5.41, 5.74) is 3.88. The highest BCUT2D eigenvalue weighted by Crippen LogP contribution is 2.26. The Morgan fingerprint density at radius 1 is 0.920 bits per heavy atom. The molecule has 2 aromatic heterocycles. The van der Waals surface area contributed by atoms with Crippen molar-refractivity contribution in [2.75, 3.05) is 18.0 Å². The number of anilines is 1. The third-order valence-corrected chi connectivity index (χ3v) is 4.82. The molecule has 0 saturated carbocycles. The monoisotopic (exact) mass is 330 g/mol. The van der Waals surface area contributed by atoms with Gasteiger partial charge >= 0.3 is 0 Å². The topological polar surface area (TPSA) is 59.2 Å². The Hall–Kier alpha value is -3.02. The van der Waals surface area contributed by atoms with Gasteiger partial charge in [-0.2, -0.15) is 0 Å². The molecule has 2 aliphatic heterocycles. The van der Waals surface area contributed by atoms with E-state index in [2.05, 4.69) is 39.4 Å². The van der Waals surface area contributed by atoms with Gasteiger partial charge in [0.25, 0.3) is 0 Å². The number of rotatable bonds is 2. The zero-order valence-corrected chi connectivity index (χ0v) is 13.8. The van der Waals surface area contributed by atoms with Gasteiger partial charge in [0.2, 0.25) is 0 Å². The van der Waals surface area contributed by atoms with E-state index < -0.39 is 0 Å². The summed E-state index contributed by atoms with van der Waals surface area (Å²) in [4.78, 5) is 12.2. The van der Waals surface area contributed by atoms with Gasteiger partial charge in [-0.15, -0.1) is 10.2 Å². The molecule has 1 saturated heterocycles. The van der Waals surface area contributed by atoms with Crippen molar-refractivity contribution in [3.05, 3.63) is 65.9 Å². The molecule has 25 heavy (non-hydrogen) atoms. The molecule has 6 nitrogen and oxygen atoms in total. The second-order valence-electron chi connectivity index (χ2n) is 6.38. The first-order chi connectivity index (χ1) is 12.4. The Balaban J connectivity index is 1.70. The molecule has 0 amide bonds. The first-order valence-electron chi connectivity index (χ1n) is 8.66. The molecule has 124 valence electrons. The van der Waals surface area contributed by atoms with E-state index in [-0.39, 0.29) is 0 Å². The van der Waals surface area contributed by atoms with Crippen LogP contribution in [0.25, 0.3) is 5.69 Å². The summed E-state index contributed by atoms with van der Waals surface area (Å²) in [5, 5.41) is 8.26. The molecule has 2 aliphatic rings. The fourth-order valence-corrected chi connectivity index (χ4v) is 3.55. The lowest BCUT2D eigenvalue weighted by atomic mass is 10.1. The molecule has 0 radical (unpaired) electrons. The quantitative estimate of drug-likeness (QED) is 0.725. The van der Waals surface area contributed by atoms with Crippen molar-refractivity contribution in [2.45, 2.75) is 19.4 Å². The minimum Gasteiger partial charge on any atom is -0.357 e. The highest BCUT2D eigenvalue weighted by Gasteiger charge is 2.23. The highest BCUT2D eigenvalue weighted by atomic mass is 15.3. The van der Waals surface area contributed by atoms with Crippen LogP contribution in [0.2, 0.25) is 0 Å². The third kappa shape index (κ3) is 2.41. The molecule has 1 fully saturated rings. The summed E-state index contributed by atoms with van der Waals surface area (Å²) in [5.74, 6) is 1.86. The van der Waals surface area contributed by atoms with Crippen LogP contribution in [0.3, 0.4) is 0 Å². The molecule has 0 atom stereocenters. The zero-order chi connectivity index (χ0) is 16.6. The zero-order valence-electron chi connectivity index (χ0n) is 13.8.